The van der Waals surface area contributed by atoms with Crippen molar-refractivity contribution < 1.29 is 34.0 Å². The van der Waals surface area contributed by atoms with E-state index in [1.807, 2.05) is 6.92 Å². The highest BCUT2D eigenvalue weighted by molar-refractivity contribution is 6.20. The van der Waals surface area contributed by atoms with Crippen molar-refractivity contribution in [3.05, 3.63) is 11.6 Å². The molecule has 13 nitrogen and oxygen atoms in total. The predicted molar refractivity (Wildman–Crippen MR) is 175 cm³/mol. The number of carbonyl (C=O) groups excluding carboxylic acids is 2. The van der Waals surface area contributed by atoms with Gasteiger partial charge in [0, 0.05) is 43.2 Å². The zero-order chi connectivity index (χ0) is 33.3. The van der Waals surface area contributed by atoms with Crippen molar-refractivity contribution in [1.29, 1.82) is 0 Å². The number of amides is 2. The number of aliphatic hydroxyl groups excluding tert-OH is 2. The van der Waals surface area contributed by atoms with Gasteiger partial charge in [0.05, 0.1) is 57.1 Å². The second-order valence-electron chi connectivity index (χ2n) is 13.5. The maximum absolute atomic E-state index is 13.2. The van der Waals surface area contributed by atoms with Crippen LogP contribution < -0.4 is 10.6 Å². The number of alkyl halides is 1. The van der Waals surface area contributed by atoms with E-state index in [9.17, 15) is 19.8 Å². The molecule has 47 heavy (non-hydrogen) atoms. The van der Waals surface area contributed by atoms with Gasteiger partial charge in [-0.3, -0.25) is 14.6 Å². The van der Waals surface area contributed by atoms with Crippen LogP contribution in [-0.4, -0.2) is 113 Å². The second kappa shape index (κ2) is 17.5. The molecular formula is C33H53ClN6O7. The number of aliphatic hydroxyl groups is 2. The van der Waals surface area contributed by atoms with Crippen LogP contribution >= 0.6 is 11.6 Å². The van der Waals surface area contributed by atoms with E-state index in [1.165, 1.54) is 5.71 Å². The molecule has 3 saturated carbocycles. The molecule has 7 atom stereocenters. The number of nitrogens with one attached hydrogen (secondary N) is 2. The molecule has 4 N–H and O–H groups in total. The van der Waals surface area contributed by atoms with Crippen molar-refractivity contribution in [2.45, 2.75) is 113 Å². The van der Waals surface area contributed by atoms with Crippen molar-refractivity contribution in [2.24, 2.45) is 22.7 Å². The molecule has 264 valence electrons. The van der Waals surface area contributed by atoms with Crippen molar-refractivity contribution in [2.75, 3.05) is 46.6 Å². The lowest BCUT2D eigenvalue weighted by molar-refractivity contribution is -0.135. The van der Waals surface area contributed by atoms with Gasteiger partial charge in [0.1, 0.15) is 11.9 Å². The Hall–Kier alpha value is -2.16. The summed E-state index contributed by atoms with van der Waals surface area (Å²) in [5.74, 6) is 1.24. The average Bonchev–Trinajstić information content (AvgIpc) is 3.39. The summed E-state index contributed by atoms with van der Waals surface area (Å²) in [6.07, 6.45) is 7.13. The largest absolute Gasteiger partial charge is 0.390 e. The Kier molecular flexibility index (Phi) is 13.4. The normalized spacial score (nSPS) is 32.4. The van der Waals surface area contributed by atoms with E-state index in [1.54, 1.807) is 7.11 Å². The predicted octanol–water partition coefficient (Wildman–Crippen LogP) is 2.41. The fourth-order valence-electron chi connectivity index (χ4n) is 7.86. The van der Waals surface area contributed by atoms with E-state index in [0.29, 0.717) is 58.3 Å². The Balaban J connectivity index is 1.06. The molecule has 1 aromatic rings. The summed E-state index contributed by atoms with van der Waals surface area (Å²) in [7, 11) is 1.79. The minimum Gasteiger partial charge on any atom is -0.390 e. The van der Waals surface area contributed by atoms with E-state index in [0.717, 1.165) is 63.0 Å². The molecule has 14 heteroatoms. The standard InChI is InChI=1S/C33H53ClN6O7/c1-20-38-39-32-26(37-30(21-6-8-22(34)9-7-21)25-18-23(45-2)10-11-27(25)40(20)32)19-29(42)35-12-14-46-16-17-47-15-13-36-33(44)24-4-3-5-28(41)31(24)43/h21-28,31,41,43H,3-19H2,1-2H3,(H,35,42)(H,36,44)/t21?,22?,23?,24?,25?,26-,27?,28?,31?/m0/s1. The minimum absolute atomic E-state index is 0.111. The van der Waals surface area contributed by atoms with Crippen LogP contribution in [0.4, 0.5) is 0 Å². The number of nitrogens with zero attached hydrogens (tertiary/aromatic N) is 4. The Morgan fingerprint density at radius 3 is 2.38 bits per heavy atom. The number of hydrogen-bond donors (Lipinski definition) is 4. The van der Waals surface area contributed by atoms with E-state index in [-0.39, 0.29) is 41.7 Å². The Labute approximate surface area is 282 Å². The summed E-state index contributed by atoms with van der Waals surface area (Å²) >= 11 is 6.48. The summed E-state index contributed by atoms with van der Waals surface area (Å²) in [5, 5.41) is 34.7. The van der Waals surface area contributed by atoms with Gasteiger partial charge in [0.25, 0.3) is 0 Å². The second-order valence-corrected chi connectivity index (χ2v) is 14.1. The highest BCUT2D eigenvalue weighted by Crippen LogP contribution is 2.45. The van der Waals surface area contributed by atoms with Gasteiger partial charge in [-0.2, -0.15) is 0 Å². The first kappa shape index (κ1) is 36.1. The number of aryl methyl sites for hydroxylation is 1. The van der Waals surface area contributed by atoms with Gasteiger partial charge >= 0.3 is 0 Å². The monoisotopic (exact) mass is 680 g/mol. The van der Waals surface area contributed by atoms with Crippen LogP contribution in [0.5, 0.6) is 0 Å². The minimum atomic E-state index is -1.02. The van der Waals surface area contributed by atoms with Crippen LogP contribution in [0.25, 0.3) is 0 Å². The number of rotatable bonds is 14. The highest BCUT2D eigenvalue weighted by atomic mass is 35.5. The van der Waals surface area contributed by atoms with Crippen LogP contribution in [0.1, 0.15) is 94.4 Å². The van der Waals surface area contributed by atoms with Gasteiger partial charge in [0.15, 0.2) is 5.82 Å². The van der Waals surface area contributed by atoms with E-state index in [4.69, 9.17) is 30.8 Å². The molecule has 0 spiro atoms. The van der Waals surface area contributed by atoms with Crippen molar-refractivity contribution in [1.82, 2.24) is 25.4 Å². The summed E-state index contributed by atoms with van der Waals surface area (Å²) in [4.78, 5) is 30.8. The van der Waals surface area contributed by atoms with Crippen molar-refractivity contribution >= 4 is 29.1 Å². The van der Waals surface area contributed by atoms with Crippen LogP contribution in [0, 0.1) is 24.7 Å². The number of methoxy groups -OCH3 is 1. The van der Waals surface area contributed by atoms with E-state index < -0.39 is 24.2 Å². The third-order valence-corrected chi connectivity index (χ3v) is 10.8. The number of halogens is 1. The molecule has 1 aromatic heterocycles. The van der Waals surface area contributed by atoms with Crippen molar-refractivity contribution in [3.63, 3.8) is 0 Å². The van der Waals surface area contributed by atoms with Crippen LogP contribution in [-0.2, 0) is 23.8 Å². The number of aliphatic imine (C=N–C) groups is 1. The van der Waals surface area contributed by atoms with E-state index in [2.05, 4.69) is 25.4 Å². The molecule has 1 aliphatic heterocycles. The maximum Gasteiger partial charge on any atom is 0.225 e. The lowest BCUT2D eigenvalue weighted by Gasteiger charge is -2.39. The van der Waals surface area contributed by atoms with Crippen LogP contribution in [0.2, 0.25) is 0 Å². The van der Waals surface area contributed by atoms with Gasteiger partial charge < -0.3 is 39.6 Å². The molecule has 0 aromatic carbocycles. The van der Waals surface area contributed by atoms with Crippen LogP contribution in [0.3, 0.4) is 0 Å². The molecule has 2 heterocycles. The number of fused-ring (bicyclic) bond motifs is 3. The molecule has 0 radical (unpaired) electrons. The SMILES string of the molecule is COC1CCC2C(C1)C(C1CCC(Cl)CC1)=N[C@@H](CC(=O)NCCOCCOCCNC(=O)C1CCCC(O)C1O)c1nnc(C)n12. The summed E-state index contributed by atoms with van der Waals surface area (Å²) in [6.45, 7) is 4.02. The van der Waals surface area contributed by atoms with Crippen LogP contribution in [0.15, 0.2) is 4.99 Å². The summed E-state index contributed by atoms with van der Waals surface area (Å²) in [5.41, 5.74) is 1.20. The molecule has 5 rings (SSSR count). The van der Waals surface area contributed by atoms with Crippen molar-refractivity contribution in [3.8, 4) is 0 Å². The zero-order valence-electron chi connectivity index (χ0n) is 27.8. The topological polar surface area (TPSA) is 169 Å². The third-order valence-electron chi connectivity index (χ3n) is 10.4. The smallest absolute Gasteiger partial charge is 0.225 e. The highest BCUT2D eigenvalue weighted by Gasteiger charge is 2.43. The fourth-order valence-corrected chi connectivity index (χ4v) is 8.11. The first-order chi connectivity index (χ1) is 22.8. The van der Waals surface area contributed by atoms with Gasteiger partial charge in [-0.25, -0.2) is 0 Å². The number of ether oxygens (including phenoxy) is 3. The molecule has 4 aliphatic rings. The maximum atomic E-state index is 13.2. The molecule has 0 saturated heterocycles. The molecule has 0 bridgehead atoms. The lowest BCUT2D eigenvalue weighted by Crippen LogP contribution is -2.46. The fraction of sp³-hybridized carbons (Fsp3) is 0.848. The quantitative estimate of drug-likeness (QED) is 0.170. The summed E-state index contributed by atoms with van der Waals surface area (Å²) < 4.78 is 19.2. The number of hydrogen-bond acceptors (Lipinski definition) is 10. The molecule has 3 aliphatic carbocycles. The average molecular weight is 681 g/mol. The number of aromatic nitrogens is 3. The number of carbonyl (C=O) groups is 2. The first-order valence-corrected chi connectivity index (χ1v) is 17.9. The van der Waals surface area contributed by atoms with E-state index >= 15 is 0 Å². The lowest BCUT2D eigenvalue weighted by atomic mass is 9.72. The molecule has 3 fully saturated rings. The molecular weight excluding hydrogens is 628 g/mol. The summed E-state index contributed by atoms with van der Waals surface area (Å²) in [6, 6.07) is -0.203. The molecule has 6 unspecified atom stereocenters. The third kappa shape index (κ3) is 9.30. The van der Waals surface area contributed by atoms with Gasteiger partial charge in [-0.15, -0.1) is 21.8 Å². The van der Waals surface area contributed by atoms with Gasteiger partial charge in [-0.05, 0) is 77.0 Å². The Bertz CT molecular complexity index is 1210. The Morgan fingerprint density at radius 2 is 1.66 bits per heavy atom. The Morgan fingerprint density at radius 1 is 0.936 bits per heavy atom. The first-order valence-electron chi connectivity index (χ1n) is 17.5. The van der Waals surface area contributed by atoms with Gasteiger partial charge in [0.2, 0.25) is 11.8 Å². The zero-order valence-corrected chi connectivity index (χ0v) is 28.6. The molecule has 2 amide bonds. The van der Waals surface area contributed by atoms with Gasteiger partial charge in [-0.1, -0.05) is 0 Å².